The molecule has 7 N–H and O–H groups in total. The van der Waals surface area contributed by atoms with Gasteiger partial charge in [-0.3, -0.25) is 4.79 Å². The molecule has 2 fully saturated rings. The molecule has 1 amide bonds. The van der Waals surface area contributed by atoms with Crippen LogP contribution in [0, 0.1) is 0 Å². The van der Waals surface area contributed by atoms with Gasteiger partial charge in [0.2, 0.25) is 5.91 Å². The number of hydrogen-bond donors (Lipinski definition) is 7. The van der Waals surface area contributed by atoms with E-state index in [1.807, 2.05) is 41.5 Å². The number of amides is 1. The zero-order chi connectivity index (χ0) is 31.1. The highest BCUT2D eigenvalue weighted by molar-refractivity contribution is 5.73. The van der Waals surface area contributed by atoms with Crippen LogP contribution in [-0.2, 0) is 23.7 Å². The number of nitrogens with one attached hydrogen (secondary N) is 2. The highest BCUT2D eigenvalue weighted by Gasteiger charge is 2.58. The molecule has 12 nitrogen and oxygen atoms in total. The maximum Gasteiger partial charge on any atom is 0.217 e. The van der Waals surface area contributed by atoms with Gasteiger partial charge in [0.25, 0.3) is 0 Å². The molecule has 2 aliphatic rings. The van der Waals surface area contributed by atoms with Gasteiger partial charge < -0.3 is 55.1 Å². The van der Waals surface area contributed by atoms with E-state index in [-0.39, 0.29) is 11.9 Å². The summed E-state index contributed by atoms with van der Waals surface area (Å²) in [6.45, 7) is 11.9. The first-order valence-electron chi connectivity index (χ1n) is 15.2. The lowest BCUT2D eigenvalue weighted by Gasteiger charge is -2.55. The third-order valence-corrected chi connectivity index (χ3v) is 9.00. The number of carbonyl (C=O) groups is 1. The van der Waals surface area contributed by atoms with Crippen molar-refractivity contribution in [2.75, 3.05) is 20.3 Å². The predicted molar refractivity (Wildman–Crippen MR) is 152 cm³/mol. The molecule has 0 radical (unpaired) electrons. The van der Waals surface area contributed by atoms with E-state index in [4.69, 9.17) is 18.9 Å². The molecule has 0 bridgehead atoms. The Labute approximate surface area is 245 Å². The zero-order valence-electron chi connectivity index (χ0n) is 26.1. The molecular formula is C29H56N2O10. The summed E-state index contributed by atoms with van der Waals surface area (Å²) in [6, 6.07) is -1.77. The minimum absolute atomic E-state index is 0.0845. The van der Waals surface area contributed by atoms with Crippen LogP contribution in [0.1, 0.15) is 80.6 Å². The monoisotopic (exact) mass is 592 g/mol. The highest BCUT2D eigenvalue weighted by atomic mass is 16.6. The first-order chi connectivity index (χ1) is 19.3. The second-order valence-corrected chi connectivity index (χ2v) is 11.8. The number of hydrogen-bond acceptors (Lipinski definition) is 11. The Morgan fingerprint density at radius 1 is 0.854 bits per heavy atom. The topological polar surface area (TPSA) is 179 Å². The molecule has 0 spiro atoms. The van der Waals surface area contributed by atoms with Crippen LogP contribution < -0.4 is 10.6 Å². The molecule has 242 valence electrons. The van der Waals surface area contributed by atoms with Crippen LogP contribution in [0.25, 0.3) is 0 Å². The molecule has 2 aliphatic heterocycles. The Morgan fingerprint density at radius 2 is 1.39 bits per heavy atom. The fourth-order valence-electron chi connectivity index (χ4n) is 6.71. The van der Waals surface area contributed by atoms with E-state index in [2.05, 4.69) is 10.6 Å². The Bertz CT molecular complexity index is 791. The van der Waals surface area contributed by atoms with Crippen LogP contribution in [0.4, 0.5) is 0 Å². The SMILES string of the molecule is CCCC(CC)(OC1C(CO)OC(C(CC)(CC)OC)C(NC(C)=O)C1O)C1OC(CO)C(O)C(O)C1NC(C)C. The maximum atomic E-state index is 12.3. The smallest absolute Gasteiger partial charge is 0.217 e. The van der Waals surface area contributed by atoms with Crippen molar-refractivity contribution in [1.29, 1.82) is 0 Å². The normalized spacial score (nSPS) is 36.2. The minimum Gasteiger partial charge on any atom is -0.394 e. The average molecular weight is 593 g/mol. The molecule has 0 aromatic rings. The summed E-state index contributed by atoms with van der Waals surface area (Å²) < 4.78 is 25.4. The summed E-state index contributed by atoms with van der Waals surface area (Å²) in [5.74, 6) is -0.365. The maximum absolute atomic E-state index is 12.3. The van der Waals surface area contributed by atoms with Gasteiger partial charge in [-0.15, -0.1) is 0 Å². The second kappa shape index (κ2) is 15.7. The van der Waals surface area contributed by atoms with Crippen molar-refractivity contribution in [2.45, 2.75) is 159 Å². The zero-order valence-corrected chi connectivity index (χ0v) is 26.1. The lowest BCUT2D eigenvalue weighted by atomic mass is 9.77. The van der Waals surface area contributed by atoms with E-state index in [0.717, 1.165) is 0 Å². The highest BCUT2D eigenvalue weighted by Crippen LogP contribution is 2.42. The molecule has 41 heavy (non-hydrogen) atoms. The lowest BCUT2D eigenvalue weighted by Crippen LogP contribution is -2.73. The molecule has 0 aromatic carbocycles. The van der Waals surface area contributed by atoms with Crippen LogP contribution >= 0.6 is 0 Å². The first-order valence-corrected chi connectivity index (χ1v) is 15.2. The summed E-state index contributed by atoms with van der Waals surface area (Å²) >= 11 is 0. The van der Waals surface area contributed by atoms with Gasteiger partial charge in [-0.25, -0.2) is 0 Å². The van der Waals surface area contributed by atoms with Crippen molar-refractivity contribution in [2.24, 2.45) is 0 Å². The van der Waals surface area contributed by atoms with Gasteiger partial charge in [0.05, 0.1) is 36.5 Å². The van der Waals surface area contributed by atoms with Gasteiger partial charge in [0.1, 0.15) is 48.8 Å². The van der Waals surface area contributed by atoms with Crippen LogP contribution in [-0.4, -0.2) is 130 Å². The van der Waals surface area contributed by atoms with Gasteiger partial charge in [0, 0.05) is 20.1 Å². The summed E-state index contributed by atoms with van der Waals surface area (Å²) in [4.78, 5) is 12.3. The van der Waals surface area contributed by atoms with Crippen LogP contribution in [0.15, 0.2) is 0 Å². The van der Waals surface area contributed by atoms with Gasteiger partial charge in [-0.05, 0) is 25.7 Å². The fourth-order valence-corrected chi connectivity index (χ4v) is 6.71. The number of methoxy groups -OCH3 is 1. The predicted octanol–water partition coefficient (Wildman–Crippen LogP) is -0.000900. The van der Waals surface area contributed by atoms with E-state index in [1.165, 1.54) is 6.92 Å². The van der Waals surface area contributed by atoms with Crippen LogP contribution in [0.2, 0.25) is 0 Å². The van der Waals surface area contributed by atoms with Gasteiger partial charge in [0.15, 0.2) is 0 Å². The number of carbonyl (C=O) groups excluding carboxylic acids is 1. The van der Waals surface area contributed by atoms with E-state index in [1.54, 1.807) is 7.11 Å². The van der Waals surface area contributed by atoms with Crippen molar-refractivity contribution in [1.82, 2.24) is 10.6 Å². The van der Waals surface area contributed by atoms with Crippen molar-refractivity contribution >= 4 is 5.91 Å². The molecule has 2 heterocycles. The average Bonchev–Trinajstić information content (AvgIpc) is 2.94. The summed E-state index contributed by atoms with van der Waals surface area (Å²) in [6.07, 6.45) is -6.11. The molecule has 11 atom stereocenters. The molecule has 0 saturated carbocycles. The molecule has 11 unspecified atom stereocenters. The minimum atomic E-state index is -1.33. The molecular weight excluding hydrogens is 536 g/mol. The van der Waals surface area contributed by atoms with E-state index < -0.39 is 85.3 Å². The van der Waals surface area contributed by atoms with Gasteiger partial charge >= 0.3 is 0 Å². The van der Waals surface area contributed by atoms with Crippen molar-refractivity contribution in [3.8, 4) is 0 Å². The van der Waals surface area contributed by atoms with Crippen molar-refractivity contribution in [3.05, 3.63) is 0 Å². The second-order valence-electron chi connectivity index (χ2n) is 11.8. The number of aliphatic hydroxyl groups is 5. The molecule has 12 heteroatoms. The fraction of sp³-hybridized carbons (Fsp3) is 0.966. The van der Waals surface area contributed by atoms with Crippen molar-refractivity contribution in [3.63, 3.8) is 0 Å². The Hall–Kier alpha value is -0.930. The first kappa shape index (κ1) is 36.3. The summed E-state index contributed by atoms with van der Waals surface area (Å²) in [5.41, 5.74) is -1.98. The Kier molecular flexibility index (Phi) is 13.9. The van der Waals surface area contributed by atoms with Crippen molar-refractivity contribution < 1.29 is 49.3 Å². The van der Waals surface area contributed by atoms with E-state index in [9.17, 15) is 30.3 Å². The third-order valence-electron chi connectivity index (χ3n) is 9.00. The summed E-state index contributed by atoms with van der Waals surface area (Å²) in [5, 5.41) is 60.3. The molecule has 0 aromatic heterocycles. The van der Waals surface area contributed by atoms with Crippen LogP contribution in [0.5, 0.6) is 0 Å². The third kappa shape index (κ3) is 7.60. The lowest BCUT2D eigenvalue weighted by molar-refractivity contribution is -0.307. The summed E-state index contributed by atoms with van der Waals surface area (Å²) in [7, 11) is 1.56. The Balaban J connectivity index is 2.62. The standard InChI is InChI=1S/C29H56N2O10/c1-9-13-29(12-4,27-20(30-16(5)6)23(36)22(35)18(14-32)39-27)41-25-19(15-33)40-26(28(10-2,11-3)38-8)21(24(25)37)31-17(7)34/h16,18-27,30,32-33,35-37H,9-15H2,1-8H3,(H,31,34). The van der Waals surface area contributed by atoms with E-state index >= 15 is 0 Å². The van der Waals surface area contributed by atoms with Gasteiger partial charge in [-0.1, -0.05) is 48.0 Å². The Morgan fingerprint density at radius 3 is 1.83 bits per heavy atom. The molecule has 2 rings (SSSR count). The van der Waals surface area contributed by atoms with Crippen LogP contribution in [0.3, 0.4) is 0 Å². The van der Waals surface area contributed by atoms with Gasteiger partial charge in [-0.2, -0.15) is 0 Å². The van der Waals surface area contributed by atoms with E-state index in [0.29, 0.717) is 32.1 Å². The largest absolute Gasteiger partial charge is 0.394 e. The number of ether oxygens (including phenoxy) is 4. The molecule has 0 aliphatic carbocycles. The number of aliphatic hydroxyl groups excluding tert-OH is 5. The number of rotatable bonds is 15. The quantitative estimate of drug-likeness (QED) is 0.136. The molecule has 2 saturated heterocycles.